The number of aryl methyl sites for hydroxylation is 1. The third-order valence-corrected chi connectivity index (χ3v) is 6.52. The highest BCUT2D eigenvalue weighted by atomic mass is 127. The topological polar surface area (TPSA) is 50.7 Å². The molecular formula is C24H21ClI2N2O2. The molecule has 31 heavy (non-hydrogen) atoms. The Bertz CT molecular complexity index is 1060. The standard InChI is InChI=1S/C24H21ClI2N2O2/c1-2-16-7-9-17(10-8-16)13-23(30)29-28-14-18-11-21(26)24(22(27)12-18)31-15-19-5-3-4-6-20(19)25/h3-12,14H,2,13,15H2,1H3,(H,29,30)/b28-14+. The summed E-state index contributed by atoms with van der Waals surface area (Å²) >= 11 is 10.7. The number of halogens is 3. The Morgan fingerprint density at radius 2 is 1.71 bits per heavy atom. The van der Waals surface area contributed by atoms with Crippen LogP contribution in [-0.4, -0.2) is 12.1 Å². The number of nitrogens with zero attached hydrogens (tertiary/aromatic N) is 1. The van der Waals surface area contributed by atoms with E-state index in [-0.39, 0.29) is 5.91 Å². The van der Waals surface area contributed by atoms with Crippen molar-refractivity contribution in [2.75, 3.05) is 0 Å². The van der Waals surface area contributed by atoms with E-state index >= 15 is 0 Å². The van der Waals surface area contributed by atoms with Crippen LogP contribution >= 0.6 is 56.8 Å². The van der Waals surface area contributed by atoms with Gasteiger partial charge in [-0.15, -0.1) is 0 Å². The number of carbonyl (C=O) groups excluding carboxylic acids is 1. The van der Waals surface area contributed by atoms with Gasteiger partial charge < -0.3 is 4.74 Å². The van der Waals surface area contributed by atoms with Gasteiger partial charge in [0.05, 0.1) is 19.8 Å². The average Bonchev–Trinajstić information content (AvgIpc) is 2.75. The first-order chi connectivity index (χ1) is 15.0. The molecule has 0 atom stereocenters. The second kappa shape index (κ2) is 11.8. The van der Waals surface area contributed by atoms with Gasteiger partial charge in [0.15, 0.2) is 0 Å². The van der Waals surface area contributed by atoms with Crippen LogP contribution in [0.2, 0.25) is 5.02 Å². The Kier molecular flexibility index (Phi) is 9.15. The molecule has 0 saturated heterocycles. The first-order valence-corrected chi connectivity index (χ1v) is 12.2. The molecule has 0 aromatic heterocycles. The fourth-order valence-electron chi connectivity index (χ4n) is 2.85. The first kappa shape index (κ1) is 24.0. The maximum Gasteiger partial charge on any atom is 0.244 e. The molecular weight excluding hydrogens is 638 g/mol. The summed E-state index contributed by atoms with van der Waals surface area (Å²) in [5.74, 6) is 0.655. The van der Waals surface area contributed by atoms with Gasteiger partial charge in [-0.25, -0.2) is 5.43 Å². The number of benzene rings is 3. The Morgan fingerprint density at radius 3 is 2.35 bits per heavy atom. The number of hydrazone groups is 1. The number of nitrogens with one attached hydrogen (secondary N) is 1. The maximum atomic E-state index is 12.1. The molecule has 3 rings (SSSR count). The lowest BCUT2D eigenvalue weighted by Gasteiger charge is -2.12. The highest BCUT2D eigenvalue weighted by molar-refractivity contribution is 14.1. The van der Waals surface area contributed by atoms with Crippen LogP contribution in [0.3, 0.4) is 0 Å². The average molecular weight is 659 g/mol. The molecule has 0 heterocycles. The molecule has 3 aromatic carbocycles. The van der Waals surface area contributed by atoms with Gasteiger partial charge in [0.2, 0.25) is 5.91 Å². The van der Waals surface area contributed by atoms with E-state index in [1.807, 2.05) is 60.7 Å². The lowest BCUT2D eigenvalue weighted by atomic mass is 10.1. The van der Waals surface area contributed by atoms with E-state index in [2.05, 4.69) is 62.6 Å². The van der Waals surface area contributed by atoms with Gasteiger partial charge in [-0.2, -0.15) is 5.10 Å². The zero-order valence-electron chi connectivity index (χ0n) is 16.9. The molecule has 0 radical (unpaired) electrons. The SMILES string of the molecule is CCc1ccc(CC(=O)N/N=C/c2cc(I)c(OCc3ccccc3Cl)c(I)c2)cc1. The molecule has 1 N–H and O–H groups in total. The van der Waals surface area contributed by atoms with Crippen LogP contribution in [0.25, 0.3) is 0 Å². The largest absolute Gasteiger partial charge is 0.487 e. The summed E-state index contributed by atoms with van der Waals surface area (Å²) in [5.41, 5.74) is 6.64. The monoisotopic (exact) mass is 658 g/mol. The summed E-state index contributed by atoms with van der Waals surface area (Å²) < 4.78 is 7.92. The number of hydrogen-bond acceptors (Lipinski definition) is 3. The van der Waals surface area contributed by atoms with Crippen molar-refractivity contribution in [1.82, 2.24) is 5.43 Å². The Hall–Kier alpha value is -1.65. The molecule has 7 heteroatoms. The van der Waals surface area contributed by atoms with Gasteiger partial charge in [0.25, 0.3) is 0 Å². The Morgan fingerprint density at radius 1 is 1.06 bits per heavy atom. The molecule has 160 valence electrons. The fraction of sp³-hybridized carbons (Fsp3) is 0.167. The predicted molar refractivity (Wildman–Crippen MR) is 143 cm³/mol. The molecule has 0 bridgehead atoms. The van der Waals surface area contributed by atoms with Crippen molar-refractivity contribution in [2.45, 2.75) is 26.4 Å². The summed E-state index contributed by atoms with van der Waals surface area (Å²) in [7, 11) is 0. The lowest BCUT2D eigenvalue weighted by molar-refractivity contribution is -0.120. The van der Waals surface area contributed by atoms with E-state index in [4.69, 9.17) is 16.3 Å². The zero-order valence-corrected chi connectivity index (χ0v) is 21.9. The molecule has 4 nitrogen and oxygen atoms in total. The summed E-state index contributed by atoms with van der Waals surface area (Å²) in [6.45, 7) is 2.50. The molecule has 0 saturated carbocycles. The predicted octanol–water partition coefficient (Wildman–Crippen LogP) is 6.38. The van der Waals surface area contributed by atoms with Crippen LogP contribution in [0, 0.1) is 7.14 Å². The number of hydrogen-bond donors (Lipinski definition) is 1. The van der Waals surface area contributed by atoms with E-state index < -0.39 is 0 Å². The van der Waals surface area contributed by atoms with E-state index in [1.54, 1.807) is 6.21 Å². The highest BCUT2D eigenvalue weighted by Crippen LogP contribution is 2.30. The first-order valence-electron chi connectivity index (χ1n) is 9.71. The van der Waals surface area contributed by atoms with E-state index in [9.17, 15) is 4.79 Å². The van der Waals surface area contributed by atoms with Crippen LogP contribution in [0.4, 0.5) is 0 Å². The van der Waals surface area contributed by atoms with Crippen molar-refractivity contribution in [1.29, 1.82) is 0 Å². The number of carbonyl (C=O) groups is 1. The van der Waals surface area contributed by atoms with Gasteiger partial charge in [0.1, 0.15) is 12.4 Å². The van der Waals surface area contributed by atoms with Crippen molar-refractivity contribution in [3.05, 3.63) is 95.1 Å². The fourth-order valence-corrected chi connectivity index (χ4v) is 5.17. The van der Waals surface area contributed by atoms with Crippen LogP contribution in [0.1, 0.15) is 29.2 Å². The molecule has 0 aliphatic heterocycles. The Balaban J connectivity index is 1.58. The maximum absolute atomic E-state index is 12.1. The lowest BCUT2D eigenvalue weighted by Crippen LogP contribution is -2.19. The number of amides is 1. The highest BCUT2D eigenvalue weighted by Gasteiger charge is 2.10. The molecule has 0 unspecified atom stereocenters. The third-order valence-electron chi connectivity index (χ3n) is 4.55. The molecule has 0 spiro atoms. The van der Waals surface area contributed by atoms with E-state index in [0.717, 1.165) is 36.0 Å². The van der Waals surface area contributed by atoms with Crippen molar-refractivity contribution < 1.29 is 9.53 Å². The molecule has 0 aliphatic rings. The zero-order chi connectivity index (χ0) is 22.2. The van der Waals surface area contributed by atoms with Gasteiger partial charge in [-0.05, 0) is 86.5 Å². The normalized spacial score (nSPS) is 11.0. The van der Waals surface area contributed by atoms with Crippen LogP contribution < -0.4 is 10.2 Å². The van der Waals surface area contributed by atoms with Crippen molar-refractivity contribution in [2.24, 2.45) is 5.10 Å². The molecule has 1 amide bonds. The van der Waals surface area contributed by atoms with Crippen LogP contribution in [-0.2, 0) is 24.2 Å². The Labute approximate surface area is 214 Å². The summed E-state index contributed by atoms with van der Waals surface area (Å²) in [5, 5.41) is 4.79. The van der Waals surface area contributed by atoms with Crippen LogP contribution in [0.5, 0.6) is 5.75 Å². The van der Waals surface area contributed by atoms with E-state index in [1.165, 1.54) is 5.56 Å². The minimum Gasteiger partial charge on any atom is -0.487 e. The molecule has 0 fully saturated rings. The number of rotatable bonds is 8. The quantitative estimate of drug-likeness (QED) is 0.174. The van der Waals surface area contributed by atoms with Crippen molar-refractivity contribution in [3.8, 4) is 5.75 Å². The smallest absolute Gasteiger partial charge is 0.244 e. The summed E-state index contributed by atoms with van der Waals surface area (Å²) in [6.07, 6.45) is 2.92. The van der Waals surface area contributed by atoms with Gasteiger partial charge in [0, 0.05) is 10.6 Å². The van der Waals surface area contributed by atoms with Crippen molar-refractivity contribution in [3.63, 3.8) is 0 Å². The second-order valence-electron chi connectivity index (χ2n) is 6.83. The third kappa shape index (κ3) is 7.18. The minimum absolute atomic E-state index is 0.149. The van der Waals surface area contributed by atoms with Gasteiger partial charge in [-0.1, -0.05) is 61.0 Å². The van der Waals surface area contributed by atoms with Crippen molar-refractivity contribution >= 4 is 68.9 Å². The minimum atomic E-state index is -0.149. The van der Waals surface area contributed by atoms with Crippen LogP contribution in [0.15, 0.2) is 65.8 Å². The summed E-state index contributed by atoms with van der Waals surface area (Å²) in [6, 6.07) is 19.6. The number of ether oxygens (including phenoxy) is 1. The van der Waals surface area contributed by atoms with Gasteiger partial charge >= 0.3 is 0 Å². The molecule has 3 aromatic rings. The van der Waals surface area contributed by atoms with Gasteiger partial charge in [-0.3, -0.25) is 4.79 Å². The van der Waals surface area contributed by atoms with E-state index in [0.29, 0.717) is 18.1 Å². The summed E-state index contributed by atoms with van der Waals surface area (Å²) in [4.78, 5) is 12.1. The molecule has 0 aliphatic carbocycles. The second-order valence-corrected chi connectivity index (χ2v) is 9.57.